The largest absolute Gasteiger partial charge is 0.497 e. The van der Waals surface area contributed by atoms with Crippen molar-refractivity contribution < 1.29 is 19.1 Å². The molecule has 7 rings (SSSR count). The number of hydrogen-bond acceptors (Lipinski definition) is 6. The van der Waals surface area contributed by atoms with Gasteiger partial charge in [0.2, 0.25) is 5.91 Å². The zero-order chi connectivity index (χ0) is 31.1. The van der Waals surface area contributed by atoms with Crippen LogP contribution in [-0.4, -0.2) is 95.5 Å². The van der Waals surface area contributed by atoms with Gasteiger partial charge in [-0.2, -0.15) is 0 Å². The molecule has 9 heteroatoms. The van der Waals surface area contributed by atoms with Crippen molar-refractivity contribution in [3.63, 3.8) is 0 Å². The maximum absolute atomic E-state index is 14.1. The Morgan fingerprint density at radius 2 is 1.87 bits per heavy atom. The van der Waals surface area contributed by atoms with Crippen LogP contribution in [0.3, 0.4) is 0 Å². The van der Waals surface area contributed by atoms with Gasteiger partial charge in [-0.3, -0.25) is 9.69 Å². The third-order valence-corrected chi connectivity index (χ3v) is 10.3. The zero-order valence-corrected chi connectivity index (χ0v) is 26.3. The van der Waals surface area contributed by atoms with Crippen LogP contribution in [0.4, 0.5) is 4.79 Å². The van der Waals surface area contributed by atoms with E-state index in [9.17, 15) is 9.59 Å². The van der Waals surface area contributed by atoms with E-state index in [0.717, 1.165) is 37.1 Å². The zero-order valence-electron chi connectivity index (χ0n) is 26.3. The predicted molar refractivity (Wildman–Crippen MR) is 172 cm³/mol. The standard InChI is InChI=1S/C36H43N5O4/c1-4-5-14-30-36-31-15-10-9-13-27(20-32(36)45-31)29(26-11-7-6-8-12-26)22-39(36)23-33-40(30)34(42)24-38(2)41(33)35(43)37-21-25-16-18-28(44-3)19-17-25/h6-13,15-20,29-33H,4-5,14,21-24H2,1-3H3,(H,37,43)/b13-9-,15-10-/t29?,30-,31?,32?,33-,36?/m0/s1. The Labute approximate surface area is 265 Å². The third kappa shape index (κ3) is 4.98. The molecule has 0 aromatic heterocycles. The van der Waals surface area contributed by atoms with Gasteiger partial charge in [0.15, 0.2) is 0 Å². The van der Waals surface area contributed by atoms with Crippen LogP contribution in [0.5, 0.6) is 5.75 Å². The molecule has 3 fully saturated rings. The van der Waals surface area contributed by atoms with Crippen molar-refractivity contribution in [2.45, 2.75) is 68.6 Å². The number of piperazine rings is 1. The van der Waals surface area contributed by atoms with E-state index in [1.807, 2.05) is 31.3 Å². The lowest BCUT2D eigenvalue weighted by Crippen LogP contribution is -2.88. The minimum atomic E-state index is -0.443. The van der Waals surface area contributed by atoms with E-state index in [-0.39, 0.29) is 42.7 Å². The molecule has 1 spiro atoms. The van der Waals surface area contributed by atoms with Crippen molar-refractivity contribution in [1.82, 2.24) is 25.1 Å². The van der Waals surface area contributed by atoms with E-state index in [2.05, 4.69) is 82.8 Å². The summed E-state index contributed by atoms with van der Waals surface area (Å²) < 4.78 is 11.9. The van der Waals surface area contributed by atoms with Gasteiger partial charge in [-0.1, -0.05) is 86.5 Å². The van der Waals surface area contributed by atoms with Crippen molar-refractivity contribution in [3.8, 4) is 5.75 Å². The summed E-state index contributed by atoms with van der Waals surface area (Å²) in [6, 6.07) is 18.0. The maximum atomic E-state index is 14.1. The molecule has 4 unspecified atom stereocenters. The molecule has 45 heavy (non-hydrogen) atoms. The molecule has 3 saturated heterocycles. The van der Waals surface area contributed by atoms with Crippen molar-refractivity contribution in [1.29, 1.82) is 0 Å². The quantitative estimate of drug-likeness (QED) is 0.500. The number of likely N-dealkylation sites (N-methyl/N-ethyl adjacent to an activating group) is 1. The van der Waals surface area contributed by atoms with Gasteiger partial charge in [-0.15, -0.1) is 0 Å². The first-order valence-corrected chi connectivity index (χ1v) is 16.2. The van der Waals surface area contributed by atoms with E-state index in [0.29, 0.717) is 13.1 Å². The fourth-order valence-corrected chi connectivity index (χ4v) is 8.17. The van der Waals surface area contributed by atoms with Crippen molar-refractivity contribution in [2.24, 2.45) is 0 Å². The van der Waals surface area contributed by atoms with Gasteiger partial charge in [0.05, 0.1) is 19.7 Å². The lowest BCUT2D eigenvalue weighted by molar-refractivity contribution is -0.285. The molecule has 236 valence electrons. The molecule has 9 nitrogen and oxygen atoms in total. The molecule has 1 N–H and O–H groups in total. The number of allylic oxidation sites excluding steroid dienone is 3. The fourth-order valence-electron chi connectivity index (χ4n) is 8.17. The minimum absolute atomic E-state index is 0.0614. The SMILES string of the molecule is CCCC[C@@H]1N2C(=O)CN(C)N(C(=O)NCc3ccc(OC)cc3)[C@H]2CN2CC(c3ccccc3)C3=CC4OC(/C=C\C=C/3)C412. The number of carbonyl (C=O) groups is 2. The highest BCUT2D eigenvalue weighted by Crippen LogP contribution is 2.53. The van der Waals surface area contributed by atoms with Gasteiger partial charge >= 0.3 is 6.03 Å². The average Bonchev–Trinajstić information content (AvgIpc) is 3.13. The molecule has 5 heterocycles. The van der Waals surface area contributed by atoms with Crippen LogP contribution in [0.25, 0.3) is 0 Å². The topological polar surface area (TPSA) is 77.6 Å². The summed E-state index contributed by atoms with van der Waals surface area (Å²) in [6.45, 7) is 4.02. The number of hydrogen-bond donors (Lipinski definition) is 1. The highest BCUT2D eigenvalue weighted by molar-refractivity contribution is 5.83. The third-order valence-electron chi connectivity index (χ3n) is 10.3. The average molecular weight is 610 g/mol. The Morgan fingerprint density at radius 1 is 1.07 bits per heavy atom. The highest BCUT2D eigenvalue weighted by Gasteiger charge is 2.69. The van der Waals surface area contributed by atoms with E-state index >= 15 is 0 Å². The smallest absolute Gasteiger partial charge is 0.334 e. The number of hydrazine groups is 1. The van der Waals surface area contributed by atoms with Gasteiger partial charge in [0, 0.05) is 32.6 Å². The van der Waals surface area contributed by atoms with Crippen LogP contribution in [0.15, 0.2) is 90.6 Å². The number of urea groups is 1. The normalized spacial score (nSPS) is 32.1. The molecule has 3 amide bonds. The molecule has 6 atom stereocenters. The number of unbranched alkanes of at least 4 members (excludes halogenated alkanes) is 1. The summed E-state index contributed by atoms with van der Waals surface area (Å²) in [6.07, 6.45) is 13.0. The molecule has 3 bridgehead atoms. The number of ether oxygens (including phenoxy) is 2. The predicted octanol–water partition coefficient (Wildman–Crippen LogP) is 4.45. The van der Waals surface area contributed by atoms with E-state index in [4.69, 9.17) is 9.47 Å². The number of methoxy groups -OCH3 is 1. The first-order valence-electron chi connectivity index (χ1n) is 16.2. The molecular formula is C36H43N5O4. The van der Waals surface area contributed by atoms with Crippen molar-refractivity contribution >= 4 is 11.9 Å². The van der Waals surface area contributed by atoms with Crippen LogP contribution in [0, 0.1) is 0 Å². The van der Waals surface area contributed by atoms with Crippen LogP contribution in [-0.2, 0) is 16.1 Å². The number of amides is 3. The molecule has 0 aliphatic carbocycles. The monoisotopic (exact) mass is 609 g/mol. The van der Waals surface area contributed by atoms with Crippen LogP contribution in [0.2, 0.25) is 0 Å². The second kappa shape index (κ2) is 12.1. The number of rotatable bonds is 7. The van der Waals surface area contributed by atoms with Crippen molar-refractivity contribution in [2.75, 3.05) is 33.8 Å². The molecular weight excluding hydrogens is 566 g/mol. The number of nitrogens with one attached hydrogen (secondary N) is 1. The molecule has 2 aromatic carbocycles. The van der Waals surface area contributed by atoms with Crippen LogP contribution >= 0.6 is 0 Å². The number of benzene rings is 2. The first kappa shape index (κ1) is 29.8. The van der Waals surface area contributed by atoms with Crippen molar-refractivity contribution in [3.05, 3.63) is 102 Å². The minimum Gasteiger partial charge on any atom is -0.497 e. The number of nitrogens with zero attached hydrogens (tertiary/aromatic N) is 4. The Hall–Kier alpha value is -3.92. The summed E-state index contributed by atoms with van der Waals surface area (Å²) in [7, 11) is 3.48. The van der Waals surface area contributed by atoms with Crippen LogP contribution < -0.4 is 10.1 Å². The lowest BCUT2D eigenvalue weighted by Gasteiger charge is -2.69. The second-order valence-electron chi connectivity index (χ2n) is 12.8. The Morgan fingerprint density at radius 3 is 2.62 bits per heavy atom. The number of carbonyl (C=O) groups excluding carboxylic acids is 2. The Balaban J connectivity index is 1.27. The summed E-state index contributed by atoms with van der Waals surface area (Å²) in [5, 5.41) is 6.70. The van der Waals surface area contributed by atoms with E-state index in [1.54, 1.807) is 17.1 Å². The molecule has 5 aliphatic heterocycles. The first-order chi connectivity index (χ1) is 21.9. The van der Waals surface area contributed by atoms with Gasteiger partial charge in [0.25, 0.3) is 0 Å². The van der Waals surface area contributed by atoms with E-state index < -0.39 is 11.7 Å². The Kier molecular flexibility index (Phi) is 8.02. The second-order valence-corrected chi connectivity index (χ2v) is 12.8. The van der Waals surface area contributed by atoms with Gasteiger partial charge in [-0.25, -0.2) is 14.8 Å². The van der Waals surface area contributed by atoms with Crippen LogP contribution in [0.1, 0.15) is 43.2 Å². The molecule has 5 aliphatic rings. The van der Waals surface area contributed by atoms with Gasteiger partial charge in [0.1, 0.15) is 29.7 Å². The molecule has 0 saturated carbocycles. The number of fused-ring (bicyclic) bond motifs is 2. The summed E-state index contributed by atoms with van der Waals surface area (Å²) in [5.74, 6) is 0.967. The molecule has 0 radical (unpaired) electrons. The van der Waals surface area contributed by atoms with E-state index in [1.165, 1.54) is 11.1 Å². The summed E-state index contributed by atoms with van der Waals surface area (Å²) >= 11 is 0. The summed E-state index contributed by atoms with van der Waals surface area (Å²) in [4.78, 5) is 32.7. The molecule has 2 aromatic rings. The Bertz CT molecular complexity index is 1510. The fraction of sp³-hybridized carbons (Fsp3) is 0.444. The van der Waals surface area contributed by atoms with Gasteiger partial charge < -0.3 is 19.7 Å². The highest BCUT2D eigenvalue weighted by atomic mass is 16.5. The summed E-state index contributed by atoms with van der Waals surface area (Å²) in [5.41, 5.74) is 3.04. The maximum Gasteiger partial charge on any atom is 0.334 e. The lowest BCUT2D eigenvalue weighted by atomic mass is 9.68. The van der Waals surface area contributed by atoms with Gasteiger partial charge in [-0.05, 0) is 41.3 Å².